The Balaban J connectivity index is 1.40. The first-order chi connectivity index (χ1) is 14.6. The number of aromatic amines is 2. The second kappa shape index (κ2) is 7.64. The number of rotatable bonds is 4. The molecule has 4 heterocycles. The average Bonchev–Trinajstić information content (AvgIpc) is 3.14. The van der Waals surface area contributed by atoms with Crippen molar-refractivity contribution in [2.24, 2.45) is 0 Å². The van der Waals surface area contributed by atoms with Crippen LogP contribution in [0.3, 0.4) is 0 Å². The molecule has 3 N–H and O–H groups in total. The van der Waals surface area contributed by atoms with Gasteiger partial charge in [-0.25, -0.2) is 17.9 Å². The lowest BCUT2D eigenvalue weighted by molar-refractivity contribution is -0.130. The summed E-state index contributed by atoms with van der Waals surface area (Å²) >= 11 is 0. The minimum atomic E-state index is -3.94. The minimum Gasteiger partial charge on any atom is -0.471 e. The molecule has 1 spiro atoms. The first-order valence-electron chi connectivity index (χ1n) is 9.85. The number of aromatic nitrogens is 3. The van der Waals surface area contributed by atoms with Crippen molar-refractivity contribution < 1.29 is 22.5 Å². The molecule has 0 unspecified atom stereocenters. The molecule has 168 valence electrons. The molecule has 31 heavy (non-hydrogen) atoms. The highest BCUT2D eigenvalue weighted by Gasteiger charge is 2.43. The summed E-state index contributed by atoms with van der Waals surface area (Å²) in [5.41, 5.74) is -1.16. The first-order valence-corrected chi connectivity index (χ1v) is 11.3. The number of ether oxygens (including phenoxy) is 1. The summed E-state index contributed by atoms with van der Waals surface area (Å²) in [6.07, 6.45) is 2.00. The Morgan fingerprint density at radius 2 is 2.00 bits per heavy atom. The standard InChI is InChI=1S/C18H23N5O7S/c1-10-14(11(2)30-22-10)31(27,28)19-9-13(24)23-6-3-4-18(5-7-23)8-12-15(25)20-17(26)21-16(12)29-18/h19H,3-9H2,1-2H3,(H2,20,21,25,26)/t18-/m1/s1. The van der Waals surface area contributed by atoms with Crippen LogP contribution in [-0.4, -0.2) is 59.6 Å². The van der Waals surface area contributed by atoms with Gasteiger partial charge >= 0.3 is 5.69 Å². The highest BCUT2D eigenvalue weighted by molar-refractivity contribution is 7.89. The summed E-state index contributed by atoms with van der Waals surface area (Å²) in [5.74, 6) is -0.0324. The van der Waals surface area contributed by atoms with Gasteiger partial charge in [0.15, 0.2) is 5.76 Å². The van der Waals surface area contributed by atoms with E-state index < -0.39 is 33.4 Å². The van der Waals surface area contributed by atoms with Crippen LogP contribution in [0.1, 0.15) is 36.3 Å². The maximum Gasteiger partial charge on any atom is 0.328 e. The van der Waals surface area contributed by atoms with Gasteiger partial charge in [-0.3, -0.25) is 19.6 Å². The summed E-state index contributed by atoms with van der Waals surface area (Å²) in [5, 5.41) is 3.63. The number of hydrogen-bond acceptors (Lipinski definition) is 8. The number of fused-ring (bicyclic) bond motifs is 1. The topological polar surface area (TPSA) is 167 Å². The molecular formula is C18H23N5O7S. The Labute approximate surface area is 177 Å². The lowest BCUT2D eigenvalue weighted by atomic mass is 9.90. The first kappa shape index (κ1) is 21.3. The van der Waals surface area contributed by atoms with Crippen molar-refractivity contribution in [1.29, 1.82) is 0 Å². The summed E-state index contributed by atoms with van der Waals surface area (Å²) in [6.45, 7) is 3.37. The van der Waals surface area contributed by atoms with E-state index in [0.717, 1.165) is 0 Å². The fourth-order valence-electron chi connectivity index (χ4n) is 4.21. The van der Waals surface area contributed by atoms with Gasteiger partial charge in [0.2, 0.25) is 21.8 Å². The Morgan fingerprint density at radius 1 is 1.23 bits per heavy atom. The molecule has 0 bridgehead atoms. The van der Waals surface area contributed by atoms with Crippen LogP contribution in [0.25, 0.3) is 0 Å². The van der Waals surface area contributed by atoms with Crippen LogP contribution in [0.2, 0.25) is 0 Å². The third-order valence-corrected chi connectivity index (χ3v) is 7.36. The number of H-pyrrole nitrogens is 2. The Morgan fingerprint density at radius 3 is 2.71 bits per heavy atom. The van der Waals surface area contributed by atoms with E-state index in [2.05, 4.69) is 19.8 Å². The Kier molecular flexibility index (Phi) is 5.25. The summed E-state index contributed by atoms with van der Waals surface area (Å²) in [7, 11) is -3.94. The maximum atomic E-state index is 12.7. The zero-order valence-corrected chi connectivity index (χ0v) is 17.9. The van der Waals surface area contributed by atoms with Gasteiger partial charge in [0.1, 0.15) is 16.2 Å². The second-order valence-corrected chi connectivity index (χ2v) is 9.59. The largest absolute Gasteiger partial charge is 0.471 e. The van der Waals surface area contributed by atoms with Crippen molar-refractivity contribution in [3.05, 3.63) is 37.9 Å². The number of likely N-dealkylation sites (tertiary alicyclic amines) is 1. The highest BCUT2D eigenvalue weighted by atomic mass is 32.2. The van der Waals surface area contributed by atoms with E-state index in [4.69, 9.17) is 9.26 Å². The van der Waals surface area contributed by atoms with E-state index in [-0.39, 0.29) is 28.1 Å². The lowest BCUT2D eigenvalue weighted by Crippen LogP contribution is -2.42. The van der Waals surface area contributed by atoms with Crippen LogP contribution < -0.4 is 20.7 Å². The highest BCUT2D eigenvalue weighted by Crippen LogP contribution is 2.37. The molecule has 2 aliphatic heterocycles. The minimum absolute atomic E-state index is 0.0635. The predicted molar refractivity (Wildman–Crippen MR) is 106 cm³/mol. The van der Waals surface area contributed by atoms with E-state index in [0.29, 0.717) is 44.3 Å². The fraction of sp³-hybridized carbons (Fsp3) is 0.556. The van der Waals surface area contributed by atoms with Gasteiger partial charge in [0.05, 0.1) is 12.1 Å². The molecule has 2 aliphatic rings. The number of sulfonamides is 1. The van der Waals surface area contributed by atoms with Crippen molar-refractivity contribution in [2.75, 3.05) is 19.6 Å². The zero-order valence-electron chi connectivity index (χ0n) is 17.1. The predicted octanol–water partition coefficient (Wildman–Crippen LogP) is -0.667. The smallest absolute Gasteiger partial charge is 0.328 e. The van der Waals surface area contributed by atoms with Gasteiger partial charge in [-0.2, -0.15) is 0 Å². The van der Waals surface area contributed by atoms with Gasteiger partial charge in [-0.05, 0) is 26.7 Å². The van der Waals surface area contributed by atoms with Crippen LogP contribution in [0.15, 0.2) is 19.0 Å². The molecule has 1 atom stereocenters. The molecule has 1 fully saturated rings. The number of nitrogens with zero attached hydrogens (tertiary/aromatic N) is 2. The normalized spacial score (nSPS) is 21.0. The van der Waals surface area contributed by atoms with Crippen molar-refractivity contribution in [3.63, 3.8) is 0 Å². The third-order valence-electron chi connectivity index (χ3n) is 5.72. The van der Waals surface area contributed by atoms with Gasteiger partial charge in [-0.1, -0.05) is 5.16 Å². The zero-order chi connectivity index (χ0) is 22.4. The molecule has 1 saturated heterocycles. The number of carbonyl (C=O) groups is 1. The molecule has 4 rings (SSSR count). The molecule has 0 aromatic carbocycles. The average molecular weight is 453 g/mol. The quantitative estimate of drug-likeness (QED) is 0.548. The number of amides is 1. The summed E-state index contributed by atoms with van der Waals surface area (Å²) in [6, 6.07) is 0. The van der Waals surface area contributed by atoms with E-state index in [1.807, 2.05) is 0 Å². The number of carbonyl (C=O) groups excluding carboxylic acids is 1. The molecule has 12 nitrogen and oxygen atoms in total. The molecule has 0 saturated carbocycles. The van der Waals surface area contributed by atoms with Gasteiger partial charge in [0.25, 0.3) is 5.56 Å². The van der Waals surface area contributed by atoms with Gasteiger partial charge in [-0.15, -0.1) is 0 Å². The number of hydrogen-bond donors (Lipinski definition) is 3. The Bertz CT molecular complexity index is 1230. The van der Waals surface area contributed by atoms with Gasteiger partial charge < -0.3 is 14.2 Å². The van der Waals surface area contributed by atoms with Gasteiger partial charge in [0, 0.05) is 25.9 Å². The van der Waals surface area contributed by atoms with Crippen LogP contribution in [-0.2, 0) is 21.2 Å². The summed E-state index contributed by atoms with van der Waals surface area (Å²) in [4.78, 5) is 42.4. The van der Waals surface area contributed by atoms with E-state index >= 15 is 0 Å². The monoisotopic (exact) mass is 453 g/mol. The molecule has 2 aromatic rings. The number of aryl methyl sites for hydroxylation is 2. The van der Waals surface area contributed by atoms with Crippen molar-refractivity contribution >= 4 is 15.9 Å². The number of nitrogens with one attached hydrogen (secondary N) is 3. The lowest BCUT2D eigenvalue weighted by Gasteiger charge is -2.27. The van der Waals surface area contributed by atoms with E-state index in [1.165, 1.54) is 13.8 Å². The molecule has 0 aliphatic carbocycles. The van der Waals surface area contributed by atoms with Crippen molar-refractivity contribution in [2.45, 2.75) is 50.0 Å². The second-order valence-electron chi connectivity index (χ2n) is 7.89. The molecule has 0 radical (unpaired) electrons. The van der Waals surface area contributed by atoms with Crippen molar-refractivity contribution in [1.82, 2.24) is 24.7 Å². The van der Waals surface area contributed by atoms with E-state index in [9.17, 15) is 22.8 Å². The van der Waals surface area contributed by atoms with Crippen LogP contribution >= 0.6 is 0 Å². The molecular weight excluding hydrogens is 430 g/mol. The molecule has 2 aromatic heterocycles. The van der Waals surface area contributed by atoms with Crippen LogP contribution in [0.5, 0.6) is 5.88 Å². The maximum absolute atomic E-state index is 12.7. The summed E-state index contributed by atoms with van der Waals surface area (Å²) < 4.78 is 38.2. The Hall–Kier alpha value is -2.93. The van der Waals surface area contributed by atoms with Crippen LogP contribution in [0.4, 0.5) is 0 Å². The molecule has 1 amide bonds. The van der Waals surface area contributed by atoms with Crippen LogP contribution in [0, 0.1) is 13.8 Å². The third kappa shape index (κ3) is 4.02. The van der Waals surface area contributed by atoms with E-state index in [1.54, 1.807) is 4.90 Å². The van der Waals surface area contributed by atoms with Crippen molar-refractivity contribution in [3.8, 4) is 5.88 Å². The SMILES string of the molecule is Cc1noc(C)c1S(=O)(=O)NCC(=O)N1CCC[C@@]2(CC1)Cc1c([nH]c(=O)[nH]c1=O)O2. The fourth-order valence-corrected chi connectivity index (χ4v) is 5.51. The molecule has 13 heteroatoms.